The van der Waals surface area contributed by atoms with Gasteiger partial charge in [0, 0.05) is 13.1 Å². The van der Waals surface area contributed by atoms with Crippen molar-refractivity contribution in [3.8, 4) is 0 Å². The van der Waals surface area contributed by atoms with Crippen LogP contribution < -0.4 is 5.32 Å². The zero-order chi connectivity index (χ0) is 22.3. The SMILES string of the molecule is COC(=O)C1(C)CCN(C(=O)OC(C)(C)C)CC1.COC(=O)C1(C)CCNCC1. The number of nitrogens with zero attached hydrogens (tertiary/aromatic N) is 1. The predicted octanol–water partition coefficient (Wildman–Crippen LogP) is 2.75. The molecule has 2 aliphatic rings. The van der Waals surface area contributed by atoms with E-state index in [1.165, 1.54) is 14.2 Å². The summed E-state index contributed by atoms with van der Waals surface area (Å²) in [6, 6.07) is 0. The van der Waals surface area contributed by atoms with Gasteiger partial charge in [-0.25, -0.2) is 4.79 Å². The number of hydrogen-bond acceptors (Lipinski definition) is 7. The topological polar surface area (TPSA) is 94.2 Å². The Bertz CT molecular complexity index is 570. The van der Waals surface area contributed by atoms with Crippen LogP contribution in [0, 0.1) is 10.8 Å². The van der Waals surface area contributed by atoms with Crippen LogP contribution in [0.2, 0.25) is 0 Å². The zero-order valence-corrected chi connectivity index (χ0v) is 19.1. The van der Waals surface area contributed by atoms with Gasteiger partial charge in [-0.1, -0.05) is 0 Å². The van der Waals surface area contributed by atoms with Gasteiger partial charge < -0.3 is 24.4 Å². The minimum absolute atomic E-state index is 0.0704. The smallest absolute Gasteiger partial charge is 0.410 e. The Morgan fingerprint density at radius 1 is 0.828 bits per heavy atom. The van der Waals surface area contributed by atoms with Crippen molar-refractivity contribution in [2.75, 3.05) is 40.4 Å². The lowest BCUT2D eigenvalue weighted by Crippen LogP contribution is -2.47. The van der Waals surface area contributed by atoms with Gasteiger partial charge in [0.2, 0.25) is 0 Å². The molecule has 8 nitrogen and oxygen atoms in total. The fraction of sp³-hybridized carbons (Fsp3) is 0.857. The number of esters is 2. The maximum Gasteiger partial charge on any atom is 0.410 e. The zero-order valence-electron chi connectivity index (χ0n) is 19.1. The second-order valence-electron chi connectivity index (χ2n) is 9.32. The fourth-order valence-corrected chi connectivity index (χ4v) is 3.39. The molecule has 8 heteroatoms. The highest BCUT2D eigenvalue weighted by atomic mass is 16.6. The normalized spacial score (nSPS) is 20.6. The van der Waals surface area contributed by atoms with E-state index in [-0.39, 0.29) is 23.4 Å². The van der Waals surface area contributed by atoms with Crippen molar-refractivity contribution < 1.29 is 28.6 Å². The molecule has 0 aliphatic carbocycles. The summed E-state index contributed by atoms with van der Waals surface area (Å²) in [6.07, 6.45) is 2.69. The Morgan fingerprint density at radius 2 is 1.24 bits per heavy atom. The minimum atomic E-state index is -0.486. The minimum Gasteiger partial charge on any atom is -0.469 e. The summed E-state index contributed by atoms with van der Waals surface area (Å²) in [6.45, 7) is 12.3. The van der Waals surface area contributed by atoms with Crippen molar-refractivity contribution in [3.63, 3.8) is 0 Å². The van der Waals surface area contributed by atoms with E-state index in [1.54, 1.807) is 4.90 Å². The molecule has 2 heterocycles. The summed E-state index contributed by atoms with van der Waals surface area (Å²) in [7, 11) is 2.85. The van der Waals surface area contributed by atoms with E-state index in [4.69, 9.17) is 14.2 Å². The molecule has 2 aliphatic heterocycles. The van der Waals surface area contributed by atoms with E-state index >= 15 is 0 Å². The van der Waals surface area contributed by atoms with Crippen molar-refractivity contribution in [1.29, 1.82) is 0 Å². The molecule has 0 radical (unpaired) electrons. The van der Waals surface area contributed by atoms with E-state index in [0.717, 1.165) is 25.9 Å². The highest BCUT2D eigenvalue weighted by molar-refractivity contribution is 5.77. The maximum absolute atomic E-state index is 11.9. The second kappa shape index (κ2) is 10.3. The van der Waals surface area contributed by atoms with Gasteiger partial charge in [0.15, 0.2) is 0 Å². The molecule has 0 aromatic carbocycles. The molecule has 1 N–H and O–H groups in total. The van der Waals surface area contributed by atoms with Crippen LogP contribution in [0.25, 0.3) is 0 Å². The highest BCUT2D eigenvalue weighted by Gasteiger charge is 2.40. The molecule has 0 spiro atoms. The fourth-order valence-electron chi connectivity index (χ4n) is 3.39. The molecule has 0 aromatic rings. The van der Waals surface area contributed by atoms with E-state index in [2.05, 4.69) is 5.32 Å². The van der Waals surface area contributed by atoms with Gasteiger partial charge in [-0.2, -0.15) is 0 Å². The first-order valence-corrected chi connectivity index (χ1v) is 10.2. The number of carbonyl (C=O) groups is 3. The Hall–Kier alpha value is -1.83. The largest absolute Gasteiger partial charge is 0.469 e. The molecular weight excluding hydrogens is 376 g/mol. The Labute approximate surface area is 174 Å². The molecular formula is C21H38N2O6. The summed E-state index contributed by atoms with van der Waals surface area (Å²) in [5, 5.41) is 3.21. The van der Waals surface area contributed by atoms with Crippen molar-refractivity contribution in [1.82, 2.24) is 10.2 Å². The van der Waals surface area contributed by atoms with Gasteiger partial charge in [-0.3, -0.25) is 9.59 Å². The number of piperidine rings is 2. The molecule has 0 unspecified atom stereocenters. The van der Waals surface area contributed by atoms with Gasteiger partial charge in [0.25, 0.3) is 0 Å². The van der Waals surface area contributed by atoms with E-state index in [0.29, 0.717) is 25.9 Å². The first-order valence-electron chi connectivity index (χ1n) is 10.2. The maximum atomic E-state index is 11.9. The molecule has 168 valence electrons. The van der Waals surface area contributed by atoms with Crippen LogP contribution >= 0.6 is 0 Å². The van der Waals surface area contributed by atoms with E-state index in [9.17, 15) is 14.4 Å². The second-order valence-corrected chi connectivity index (χ2v) is 9.32. The van der Waals surface area contributed by atoms with Crippen LogP contribution in [0.5, 0.6) is 0 Å². The van der Waals surface area contributed by atoms with Gasteiger partial charge >= 0.3 is 18.0 Å². The lowest BCUT2D eigenvalue weighted by atomic mass is 9.80. The monoisotopic (exact) mass is 414 g/mol. The predicted molar refractivity (Wildman–Crippen MR) is 109 cm³/mol. The number of likely N-dealkylation sites (tertiary alicyclic amines) is 1. The first kappa shape index (κ1) is 25.2. The van der Waals surface area contributed by atoms with E-state index < -0.39 is 11.0 Å². The first-order chi connectivity index (χ1) is 13.4. The third kappa shape index (κ3) is 7.49. The van der Waals surface area contributed by atoms with Gasteiger partial charge in [-0.05, 0) is 73.4 Å². The van der Waals surface area contributed by atoms with Crippen LogP contribution in [-0.4, -0.2) is 68.9 Å². The number of rotatable bonds is 2. The van der Waals surface area contributed by atoms with Crippen LogP contribution in [0.4, 0.5) is 4.79 Å². The van der Waals surface area contributed by atoms with Gasteiger partial charge in [0.1, 0.15) is 5.60 Å². The van der Waals surface area contributed by atoms with Crippen LogP contribution in [0.15, 0.2) is 0 Å². The van der Waals surface area contributed by atoms with Crippen molar-refractivity contribution in [2.24, 2.45) is 10.8 Å². The van der Waals surface area contributed by atoms with Crippen molar-refractivity contribution in [3.05, 3.63) is 0 Å². The molecule has 2 rings (SSSR count). The summed E-state index contributed by atoms with van der Waals surface area (Å²) in [5.74, 6) is -0.273. The van der Waals surface area contributed by atoms with Gasteiger partial charge in [0.05, 0.1) is 25.0 Å². The Balaban J connectivity index is 0.000000326. The number of carbonyl (C=O) groups excluding carboxylic acids is 3. The highest BCUT2D eigenvalue weighted by Crippen LogP contribution is 2.32. The number of ether oxygens (including phenoxy) is 3. The van der Waals surface area contributed by atoms with Crippen LogP contribution in [0.3, 0.4) is 0 Å². The number of nitrogens with one attached hydrogen (secondary N) is 1. The number of amides is 1. The van der Waals surface area contributed by atoms with Crippen LogP contribution in [-0.2, 0) is 23.8 Å². The summed E-state index contributed by atoms with van der Waals surface area (Å²) < 4.78 is 14.8. The molecule has 0 atom stereocenters. The summed E-state index contributed by atoms with van der Waals surface area (Å²) in [4.78, 5) is 36.4. The molecule has 1 amide bonds. The summed E-state index contributed by atoms with van der Waals surface area (Å²) >= 11 is 0. The van der Waals surface area contributed by atoms with Gasteiger partial charge in [-0.15, -0.1) is 0 Å². The quantitative estimate of drug-likeness (QED) is 0.548. The molecule has 2 saturated heterocycles. The number of methoxy groups -OCH3 is 2. The molecule has 29 heavy (non-hydrogen) atoms. The average Bonchev–Trinajstić information content (AvgIpc) is 2.66. The summed E-state index contributed by atoms with van der Waals surface area (Å²) in [5.41, 5.74) is -1.20. The lowest BCUT2D eigenvalue weighted by molar-refractivity contribution is -0.154. The Kier molecular flexibility index (Phi) is 8.93. The molecule has 0 aromatic heterocycles. The standard InChI is InChI=1S/C13H23NO4.C8H15NO2/c1-12(2,3)18-11(16)14-8-6-13(4,7-9-14)10(15)17-5;1-8(7(10)11-2)3-5-9-6-4-8/h6-9H2,1-5H3;9H,3-6H2,1-2H3. The molecule has 0 saturated carbocycles. The van der Waals surface area contributed by atoms with Crippen molar-refractivity contribution in [2.45, 2.75) is 65.9 Å². The van der Waals surface area contributed by atoms with Crippen LogP contribution in [0.1, 0.15) is 60.3 Å². The molecule has 2 fully saturated rings. The molecule has 0 bridgehead atoms. The van der Waals surface area contributed by atoms with Crippen molar-refractivity contribution >= 4 is 18.0 Å². The number of hydrogen-bond donors (Lipinski definition) is 1. The third-order valence-electron chi connectivity index (χ3n) is 5.58. The Morgan fingerprint density at radius 3 is 1.62 bits per heavy atom. The van der Waals surface area contributed by atoms with E-state index in [1.807, 2.05) is 34.6 Å². The third-order valence-corrected chi connectivity index (χ3v) is 5.58. The average molecular weight is 415 g/mol. The lowest BCUT2D eigenvalue weighted by Gasteiger charge is -2.37.